The molecule has 0 unspecified atom stereocenters. The average Bonchev–Trinajstić information content (AvgIpc) is 2.95. The summed E-state index contributed by atoms with van der Waals surface area (Å²) in [4.78, 5) is 28.3. The molecule has 0 aliphatic rings. The molecule has 0 aliphatic heterocycles. The fraction of sp³-hybridized carbons (Fsp3) is 0.125. The number of fused-ring (bicyclic) bond motifs is 1. The van der Waals surface area contributed by atoms with Crippen molar-refractivity contribution in [1.82, 2.24) is 14.6 Å². The Morgan fingerprint density at radius 2 is 2.21 bits per heavy atom. The lowest BCUT2D eigenvalue weighted by Crippen LogP contribution is -2.14. The van der Waals surface area contributed by atoms with Gasteiger partial charge in [0, 0.05) is 22.3 Å². The van der Waals surface area contributed by atoms with Crippen LogP contribution in [0.1, 0.15) is 16.3 Å². The SMILES string of the molecule is Cc1cc(=O)n2nc(COC(=O)/C=C/c3ccccc3Br)sc2n1. The van der Waals surface area contributed by atoms with E-state index < -0.39 is 5.97 Å². The number of halogens is 1. The number of aromatic nitrogens is 3. The standard InChI is InChI=1S/C16H12BrN3O3S/c1-10-8-14(21)20-16(18-10)24-13(19-20)9-23-15(22)7-6-11-4-2-3-5-12(11)17/h2-8H,9H2,1H3/b7-6+. The van der Waals surface area contributed by atoms with Crippen LogP contribution < -0.4 is 5.56 Å². The van der Waals surface area contributed by atoms with Crippen LogP contribution in [0.15, 0.2) is 45.7 Å². The van der Waals surface area contributed by atoms with Crippen molar-refractivity contribution in [1.29, 1.82) is 0 Å². The monoisotopic (exact) mass is 405 g/mol. The minimum Gasteiger partial charge on any atom is -0.455 e. The van der Waals surface area contributed by atoms with Crippen LogP contribution in [0.25, 0.3) is 11.0 Å². The smallest absolute Gasteiger partial charge is 0.331 e. The second-order valence-electron chi connectivity index (χ2n) is 4.89. The van der Waals surface area contributed by atoms with Crippen molar-refractivity contribution in [2.45, 2.75) is 13.5 Å². The van der Waals surface area contributed by atoms with Gasteiger partial charge in [-0.3, -0.25) is 4.79 Å². The topological polar surface area (TPSA) is 73.6 Å². The van der Waals surface area contributed by atoms with Crippen LogP contribution >= 0.6 is 27.3 Å². The Balaban J connectivity index is 1.67. The summed E-state index contributed by atoms with van der Waals surface area (Å²) in [5.41, 5.74) is 1.25. The second kappa shape index (κ2) is 7.06. The van der Waals surface area contributed by atoms with Gasteiger partial charge in [0.2, 0.25) is 4.96 Å². The molecule has 3 aromatic rings. The lowest BCUT2D eigenvalue weighted by molar-refractivity contribution is -0.138. The minimum absolute atomic E-state index is 0.00829. The molecule has 0 aliphatic carbocycles. The fourth-order valence-corrected chi connectivity index (χ4v) is 3.24. The lowest BCUT2D eigenvalue weighted by Gasteiger charge is -1.98. The summed E-state index contributed by atoms with van der Waals surface area (Å²) in [5, 5.41) is 4.62. The van der Waals surface area contributed by atoms with Gasteiger partial charge in [-0.25, -0.2) is 9.78 Å². The minimum atomic E-state index is -0.485. The van der Waals surface area contributed by atoms with Crippen LogP contribution in [-0.2, 0) is 16.1 Å². The molecule has 0 amide bonds. The maximum Gasteiger partial charge on any atom is 0.331 e. The van der Waals surface area contributed by atoms with Crippen molar-refractivity contribution in [3.63, 3.8) is 0 Å². The molecule has 0 saturated carbocycles. The molecule has 1 aromatic carbocycles. The van der Waals surface area contributed by atoms with E-state index in [1.807, 2.05) is 24.3 Å². The van der Waals surface area contributed by atoms with Gasteiger partial charge in [-0.1, -0.05) is 45.5 Å². The molecule has 0 bridgehead atoms. The maximum atomic E-state index is 11.8. The highest BCUT2D eigenvalue weighted by atomic mass is 79.9. The van der Waals surface area contributed by atoms with Gasteiger partial charge in [0.05, 0.1) is 0 Å². The van der Waals surface area contributed by atoms with Crippen molar-refractivity contribution in [2.24, 2.45) is 0 Å². The van der Waals surface area contributed by atoms with Gasteiger partial charge in [-0.05, 0) is 24.6 Å². The lowest BCUT2D eigenvalue weighted by atomic mass is 10.2. The quantitative estimate of drug-likeness (QED) is 0.492. The first kappa shape index (κ1) is 16.5. The summed E-state index contributed by atoms with van der Waals surface area (Å²) >= 11 is 4.62. The van der Waals surface area contributed by atoms with E-state index in [9.17, 15) is 9.59 Å². The normalized spacial score (nSPS) is 11.2. The van der Waals surface area contributed by atoms with Crippen LogP contribution in [0.5, 0.6) is 0 Å². The van der Waals surface area contributed by atoms with E-state index in [0.717, 1.165) is 10.0 Å². The molecule has 0 fully saturated rings. The molecule has 0 N–H and O–H groups in total. The number of carbonyl (C=O) groups is 1. The molecular formula is C16H12BrN3O3S. The molecular weight excluding hydrogens is 394 g/mol. The number of esters is 1. The fourth-order valence-electron chi connectivity index (χ4n) is 1.97. The Labute approximate surface area is 149 Å². The van der Waals surface area contributed by atoms with E-state index in [2.05, 4.69) is 26.0 Å². The Bertz CT molecular complexity index is 994. The van der Waals surface area contributed by atoms with Crippen LogP contribution in [0, 0.1) is 6.92 Å². The number of ether oxygens (including phenoxy) is 1. The number of hydrogen-bond donors (Lipinski definition) is 0. The second-order valence-corrected chi connectivity index (χ2v) is 6.78. The highest BCUT2D eigenvalue weighted by molar-refractivity contribution is 9.10. The van der Waals surface area contributed by atoms with E-state index in [-0.39, 0.29) is 12.2 Å². The van der Waals surface area contributed by atoms with Gasteiger partial charge in [0.25, 0.3) is 5.56 Å². The molecule has 3 rings (SSSR count). The molecule has 0 spiro atoms. The van der Waals surface area contributed by atoms with Gasteiger partial charge in [-0.2, -0.15) is 9.61 Å². The first-order chi connectivity index (χ1) is 11.5. The highest BCUT2D eigenvalue weighted by Gasteiger charge is 2.09. The van der Waals surface area contributed by atoms with E-state index >= 15 is 0 Å². The van der Waals surface area contributed by atoms with Crippen molar-refractivity contribution in [2.75, 3.05) is 0 Å². The highest BCUT2D eigenvalue weighted by Crippen LogP contribution is 2.17. The van der Waals surface area contributed by atoms with Crippen LogP contribution in [0.2, 0.25) is 0 Å². The molecule has 0 radical (unpaired) electrons. The number of rotatable bonds is 4. The molecule has 0 saturated heterocycles. The number of hydrogen-bond acceptors (Lipinski definition) is 6. The first-order valence-electron chi connectivity index (χ1n) is 6.99. The van der Waals surface area contributed by atoms with Gasteiger partial charge >= 0.3 is 5.97 Å². The average molecular weight is 406 g/mol. The number of nitrogens with zero attached hydrogens (tertiary/aromatic N) is 3. The summed E-state index contributed by atoms with van der Waals surface area (Å²) in [5.74, 6) is -0.485. The molecule has 24 heavy (non-hydrogen) atoms. The summed E-state index contributed by atoms with van der Waals surface area (Å²) < 4.78 is 7.25. The van der Waals surface area contributed by atoms with Crippen LogP contribution in [0.4, 0.5) is 0 Å². The predicted molar refractivity (Wildman–Crippen MR) is 94.8 cm³/mol. The van der Waals surface area contributed by atoms with E-state index in [4.69, 9.17) is 4.74 Å². The molecule has 6 nitrogen and oxygen atoms in total. The Morgan fingerprint density at radius 3 is 3.00 bits per heavy atom. The van der Waals surface area contributed by atoms with Gasteiger partial charge in [-0.15, -0.1) is 0 Å². The van der Waals surface area contributed by atoms with Crippen molar-refractivity contribution >= 4 is 44.3 Å². The van der Waals surface area contributed by atoms with Crippen molar-refractivity contribution < 1.29 is 9.53 Å². The third-order valence-electron chi connectivity index (χ3n) is 3.06. The molecule has 8 heteroatoms. The molecule has 2 heterocycles. The molecule has 2 aromatic heterocycles. The summed E-state index contributed by atoms with van der Waals surface area (Å²) in [6.07, 6.45) is 3.02. The van der Waals surface area contributed by atoms with Crippen LogP contribution in [0.3, 0.4) is 0 Å². The predicted octanol–water partition coefficient (Wildman–Crippen LogP) is 2.98. The third-order valence-corrected chi connectivity index (χ3v) is 4.66. The first-order valence-corrected chi connectivity index (χ1v) is 8.59. The Kier molecular flexibility index (Phi) is 4.86. The number of aryl methyl sites for hydroxylation is 1. The third kappa shape index (κ3) is 3.77. The van der Waals surface area contributed by atoms with E-state index in [1.165, 1.54) is 28.0 Å². The van der Waals surface area contributed by atoms with E-state index in [1.54, 1.807) is 13.0 Å². The zero-order valence-electron chi connectivity index (χ0n) is 12.6. The van der Waals surface area contributed by atoms with Crippen molar-refractivity contribution in [3.05, 3.63) is 67.5 Å². The maximum absolute atomic E-state index is 11.8. The van der Waals surface area contributed by atoms with E-state index in [0.29, 0.717) is 15.7 Å². The molecule has 122 valence electrons. The van der Waals surface area contributed by atoms with Crippen LogP contribution in [-0.4, -0.2) is 20.6 Å². The molecule has 0 atom stereocenters. The zero-order chi connectivity index (χ0) is 17.1. The van der Waals surface area contributed by atoms with Gasteiger partial charge in [0.15, 0.2) is 5.01 Å². The number of carbonyl (C=O) groups excluding carboxylic acids is 1. The Morgan fingerprint density at radius 1 is 1.42 bits per heavy atom. The summed E-state index contributed by atoms with van der Waals surface area (Å²) in [7, 11) is 0. The van der Waals surface area contributed by atoms with Crippen molar-refractivity contribution in [3.8, 4) is 0 Å². The summed E-state index contributed by atoms with van der Waals surface area (Å²) in [6, 6.07) is 8.94. The Hall–Kier alpha value is -2.32. The number of benzene rings is 1. The largest absolute Gasteiger partial charge is 0.455 e. The summed E-state index contributed by atoms with van der Waals surface area (Å²) in [6.45, 7) is 1.74. The van der Waals surface area contributed by atoms with Gasteiger partial charge < -0.3 is 4.74 Å². The zero-order valence-corrected chi connectivity index (χ0v) is 15.0. The van der Waals surface area contributed by atoms with Gasteiger partial charge in [0.1, 0.15) is 6.61 Å².